The van der Waals surface area contributed by atoms with Crippen LogP contribution in [0.2, 0.25) is 0 Å². The number of carbonyl (C=O) groups is 1. The maximum Gasteiger partial charge on any atom is 0.308 e. The molecule has 4 saturated carbocycles. The molecule has 8 atom stereocenters. The number of esters is 1. The Morgan fingerprint density at radius 2 is 1.74 bits per heavy atom. The molecule has 2 heteroatoms. The van der Waals surface area contributed by atoms with Gasteiger partial charge in [0.25, 0.3) is 0 Å². The van der Waals surface area contributed by atoms with Gasteiger partial charge < -0.3 is 4.74 Å². The zero-order chi connectivity index (χ0) is 19.2. The first-order valence-corrected chi connectivity index (χ1v) is 12.0. The van der Waals surface area contributed by atoms with Crippen molar-refractivity contribution in [3.05, 3.63) is 0 Å². The Labute approximate surface area is 167 Å². The normalized spacial score (nSPS) is 47.5. The van der Waals surface area contributed by atoms with Gasteiger partial charge in [-0.2, -0.15) is 0 Å². The SMILES string of the molecule is COC(=O)C(C)CCC1CCC2C3CCC4CCCCC4(C)C3CCC12C. The van der Waals surface area contributed by atoms with Crippen LogP contribution in [0.25, 0.3) is 0 Å². The van der Waals surface area contributed by atoms with Crippen LogP contribution in [0.5, 0.6) is 0 Å². The summed E-state index contributed by atoms with van der Waals surface area (Å²) in [5, 5.41) is 0. The quantitative estimate of drug-likeness (QED) is 0.517. The summed E-state index contributed by atoms with van der Waals surface area (Å²) in [6.07, 6.45) is 17.0. The van der Waals surface area contributed by atoms with E-state index >= 15 is 0 Å². The zero-order valence-electron chi connectivity index (χ0n) is 18.3. The maximum absolute atomic E-state index is 11.8. The Hall–Kier alpha value is -0.530. The third-order valence-electron chi connectivity index (χ3n) is 10.3. The fraction of sp³-hybridized carbons (Fsp3) is 0.960. The van der Waals surface area contributed by atoms with Crippen molar-refractivity contribution in [2.45, 2.75) is 97.8 Å². The highest BCUT2D eigenvalue weighted by Crippen LogP contribution is 2.67. The van der Waals surface area contributed by atoms with E-state index in [1.165, 1.54) is 77.7 Å². The second-order valence-electron chi connectivity index (χ2n) is 11.2. The summed E-state index contributed by atoms with van der Waals surface area (Å²) >= 11 is 0. The van der Waals surface area contributed by atoms with Gasteiger partial charge in [0.15, 0.2) is 0 Å². The number of methoxy groups -OCH3 is 1. The average molecular weight is 375 g/mol. The van der Waals surface area contributed by atoms with Gasteiger partial charge in [-0.3, -0.25) is 4.79 Å². The average Bonchev–Trinajstić information content (AvgIpc) is 3.01. The Bertz CT molecular complexity index is 557. The van der Waals surface area contributed by atoms with E-state index < -0.39 is 0 Å². The molecule has 27 heavy (non-hydrogen) atoms. The predicted molar refractivity (Wildman–Crippen MR) is 110 cm³/mol. The van der Waals surface area contributed by atoms with E-state index in [1.807, 2.05) is 6.92 Å². The molecule has 0 bridgehead atoms. The minimum absolute atomic E-state index is 0.0260. The standard InChI is InChI=1S/C25H42O2/c1-17(23(26)27-4)8-9-19-11-13-21-20-12-10-18-7-5-6-15-24(18,2)22(20)14-16-25(19,21)3/h17-22H,5-16H2,1-4H3. The first kappa shape index (κ1) is 19.8. The molecule has 0 aromatic rings. The third-order valence-corrected chi connectivity index (χ3v) is 10.3. The fourth-order valence-corrected chi connectivity index (χ4v) is 8.65. The molecule has 0 spiro atoms. The van der Waals surface area contributed by atoms with Gasteiger partial charge in [0.1, 0.15) is 0 Å². The second-order valence-corrected chi connectivity index (χ2v) is 11.2. The molecule has 0 amide bonds. The highest BCUT2D eigenvalue weighted by atomic mass is 16.5. The molecular formula is C25H42O2. The summed E-state index contributed by atoms with van der Waals surface area (Å²) in [6, 6.07) is 0. The van der Waals surface area contributed by atoms with Crippen molar-refractivity contribution in [2.75, 3.05) is 7.11 Å². The lowest BCUT2D eigenvalue weighted by molar-refractivity contribution is -0.145. The smallest absolute Gasteiger partial charge is 0.308 e. The molecule has 0 aromatic carbocycles. The van der Waals surface area contributed by atoms with Crippen LogP contribution in [0.1, 0.15) is 97.8 Å². The first-order valence-electron chi connectivity index (χ1n) is 12.0. The van der Waals surface area contributed by atoms with Gasteiger partial charge >= 0.3 is 5.97 Å². The van der Waals surface area contributed by atoms with Gasteiger partial charge in [-0.05, 0) is 105 Å². The number of hydrogen-bond donors (Lipinski definition) is 0. The molecule has 2 nitrogen and oxygen atoms in total. The highest BCUT2D eigenvalue weighted by Gasteiger charge is 2.59. The van der Waals surface area contributed by atoms with E-state index in [2.05, 4.69) is 13.8 Å². The molecule has 4 aliphatic rings. The monoisotopic (exact) mass is 374 g/mol. The van der Waals surface area contributed by atoms with Gasteiger partial charge in [-0.25, -0.2) is 0 Å². The molecule has 4 aliphatic carbocycles. The van der Waals surface area contributed by atoms with E-state index in [0.717, 1.165) is 36.0 Å². The van der Waals surface area contributed by atoms with Crippen molar-refractivity contribution in [3.63, 3.8) is 0 Å². The molecule has 0 aliphatic heterocycles. The lowest BCUT2D eigenvalue weighted by Gasteiger charge is -2.60. The van der Waals surface area contributed by atoms with Crippen LogP contribution < -0.4 is 0 Å². The van der Waals surface area contributed by atoms with Crippen molar-refractivity contribution < 1.29 is 9.53 Å². The van der Waals surface area contributed by atoms with Gasteiger partial charge in [0, 0.05) is 0 Å². The highest BCUT2D eigenvalue weighted by molar-refractivity contribution is 5.71. The van der Waals surface area contributed by atoms with Crippen LogP contribution in [-0.4, -0.2) is 13.1 Å². The Balaban J connectivity index is 1.46. The lowest BCUT2D eigenvalue weighted by atomic mass is 9.45. The van der Waals surface area contributed by atoms with Crippen molar-refractivity contribution in [2.24, 2.45) is 46.3 Å². The first-order chi connectivity index (χ1) is 12.9. The summed E-state index contributed by atoms with van der Waals surface area (Å²) in [5.41, 5.74) is 1.19. The molecule has 154 valence electrons. The molecule has 0 radical (unpaired) electrons. The number of fused-ring (bicyclic) bond motifs is 5. The molecule has 0 aromatic heterocycles. The summed E-state index contributed by atoms with van der Waals surface area (Å²) in [5.74, 6) is 4.83. The van der Waals surface area contributed by atoms with Gasteiger partial charge in [-0.15, -0.1) is 0 Å². The Morgan fingerprint density at radius 3 is 2.52 bits per heavy atom. The van der Waals surface area contributed by atoms with Crippen molar-refractivity contribution in [1.82, 2.24) is 0 Å². The van der Waals surface area contributed by atoms with Crippen molar-refractivity contribution >= 4 is 5.97 Å². The van der Waals surface area contributed by atoms with Crippen LogP contribution in [0.3, 0.4) is 0 Å². The zero-order valence-corrected chi connectivity index (χ0v) is 18.3. The predicted octanol–water partition coefficient (Wildman–Crippen LogP) is 6.62. The summed E-state index contributed by atoms with van der Waals surface area (Å²) in [7, 11) is 1.52. The molecule has 4 rings (SSSR count). The van der Waals surface area contributed by atoms with Gasteiger partial charge in [0.2, 0.25) is 0 Å². The van der Waals surface area contributed by atoms with Gasteiger partial charge in [-0.1, -0.05) is 33.6 Å². The van der Waals surface area contributed by atoms with Gasteiger partial charge in [0.05, 0.1) is 13.0 Å². The summed E-state index contributed by atoms with van der Waals surface area (Å²) in [6.45, 7) is 7.35. The second kappa shape index (κ2) is 7.38. The van der Waals surface area contributed by atoms with Crippen molar-refractivity contribution in [1.29, 1.82) is 0 Å². The van der Waals surface area contributed by atoms with E-state index in [9.17, 15) is 4.79 Å². The molecule has 0 N–H and O–H groups in total. The van der Waals surface area contributed by atoms with Crippen LogP contribution in [0.15, 0.2) is 0 Å². The number of hydrogen-bond acceptors (Lipinski definition) is 2. The minimum atomic E-state index is -0.0260. The van der Waals surface area contributed by atoms with E-state index in [4.69, 9.17) is 4.74 Å². The third kappa shape index (κ3) is 3.18. The molecule has 8 unspecified atom stereocenters. The van der Waals surface area contributed by atoms with E-state index in [-0.39, 0.29) is 11.9 Å². The number of carbonyl (C=O) groups excluding carboxylic acids is 1. The number of rotatable bonds is 4. The topological polar surface area (TPSA) is 26.3 Å². The van der Waals surface area contributed by atoms with Crippen LogP contribution in [0.4, 0.5) is 0 Å². The lowest BCUT2D eigenvalue weighted by Crippen LogP contribution is -2.52. The largest absolute Gasteiger partial charge is 0.469 e. The molecule has 0 heterocycles. The van der Waals surface area contributed by atoms with Crippen LogP contribution in [-0.2, 0) is 9.53 Å². The Kier molecular flexibility index (Phi) is 5.40. The molecule has 0 saturated heterocycles. The minimum Gasteiger partial charge on any atom is -0.469 e. The molecule has 4 fully saturated rings. The van der Waals surface area contributed by atoms with Crippen molar-refractivity contribution in [3.8, 4) is 0 Å². The fourth-order valence-electron chi connectivity index (χ4n) is 8.65. The number of ether oxygens (including phenoxy) is 1. The van der Waals surface area contributed by atoms with E-state index in [1.54, 1.807) is 0 Å². The van der Waals surface area contributed by atoms with E-state index in [0.29, 0.717) is 10.8 Å². The Morgan fingerprint density at radius 1 is 0.963 bits per heavy atom. The van der Waals surface area contributed by atoms with Crippen LogP contribution in [0, 0.1) is 46.3 Å². The summed E-state index contributed by atoms with van der Waals surface area (Å²) in [4.78, 5) is 11.8. The summed E-state index contributed by atoms with van der Waals surface area (Å²) < 4.78 is 4.95. The maximum atomic E-state index is 11.8. The molecular weight excluding hydrogens is 332 g/mol. The van der Waals surface area contributed by atoms with Crippen LogP contribution >= 0.6 is 0 Å².